The number of hydrogen-bond acceptors (Lipinski definition) is 9. The van der Waals surface area contributed by atoms with Crippen LogP contribution in [-0.4, -0.2) is 103 Å². The minimum Gasteiger partial charge on any atom is -0.493 e. The zero-order chi connectivity index (χ0) is 24.9. The van der Waals surface area contributed by atoms with E-state index in [1.54, 1.807) is 23.2 Å². The van der Waals surface area contributed by atoms with Crippen LogP contribution in [0.5, 0.6) is 5.75 Å². The molecule has 0 aliphatic carbocycles. The summed E-state index contributed by atoms with van der Waals surface area (Å²) in [6, 6.07) is 4.86. The van der Waals surface area contributed by atoms with E-state index >= 15 is 0 Å². The number of likely N-dealkylation sites (N-methyl/N-ethyl adjacent to an activating group) is 1. The van der Waals surface area contributed by atoms with Crippen molar-refractivity contribution in [3.05, 3.63) is 40.7 Å². The minimum atomic E-state index is -0.481. The maximum Gasteiger partial charge on any atom is 0.251 e. The number of ether oxygens (including phenoxy) is 1. The van der Waals surface area contributed by atoms with Gasteiger partial charge in [0.15, 0.2) is 11.8 Å². The molecule has 1 unspecified atom stereocenters. The number of aliphatic imine (C=N–C) groups is 1. The number of nitrogens with one attached hydrogen (secondary N) is 2. The van der Waals surface area contributed by atoms with E-state index in [-0.39, 0.29) is 18.3 Å². The van der Waals surface area contributed by atoms with Gasteiger partial charge in [-0.3, -0.25) is 19.4 Å². The van der Waals surface area contributed by atoms with Crippen LogP contribution >= 0.6 is 0 Å². The Kier molecular flexibility index (Phi) is 8.17. The molecule has 1 saturated heterocycles. The highest BCUT2D eigenvalue weighted by Gasteiger charge is 2.39. The fourth-order valence-corrected chi connectivity index (χ4v) is 4.78. The molecule has 0 bridgehead atoms. The van der Waals surface area contributed by atoms with Gasteiger partial charge in [0.25, 0.3) is 5.91 Å². The molecule has 1 atom stereocenters. The number of allylic oxidation sites excluding steroid dienone is 1. The van der Waals surface area contributed by atoms with E-state index in [1.165, 1.54) is 0 Å². The number of piperazine rings is 1. The summed E-state index contributed by atoms with van der Waals surface area (Å²) in [4.78, 5) is 35.3. The first-order valence-corrected chi connectivity index (χ1v) is 12.4. The largest absolute Gasteiger partial charge is 0.493 e. The fourth-order valence-electron chi connectivity index (χ4n) is 4.78. The Balaban J connectivity index is 1.59. The monoisotopic (exact) mass is 484 g/mol. The van der Waals surface area contributed by atoms with Gasteiger partial charge in [0.05, 0.1) is 36.7 Å². The van der Waals surface area contributed by atoms with Gasteiger partial charge in [-0.1, -0.05) is 13.3 Å². The fraction of sp³-hybridized carbons (Fsp3) is 0.560. The van der Waals surface area contributed by atoms with Gasteiger partial charge in [0.1, 0.15) is 11.6 Å². The maximum absolute atomic E-state index is 13.2. The quantitative estimate of drug-likeness (QED) is 0.414. The Morgan fingerprint density at radius 2 is 1.94 bits per heavy atom. The molecule has 1 amide bonds. The molecule has 190 valence electrons. The van der Waals surface area contributed by atoms with E-state index in [9.17, 15) is 9.59 Å². The molecule has 10 heteroatoms. The van der Waals surface area contributed by atoms with Crippen molar-refractivity contribution < 1.29 is 19.4 Å². The third kappa shape index (κ3) is 5.56. The van der Waals surface area contributed by atoms with E-state index < -0.39 is 6.04 Å². The lowest BCUT2D eigenvalue weighted by Crippen LogP contribution is -2.50. The lowest BCUT2D eigenvalue weighted by atomic mass is 10.0. The molecule has 3 aliphatic rings. The summed E-state index contributed by atoms with van der Waals surface area (Å²) in [6.07, 6.45) is 1.73. The molecular weight excluding hydrogens is 448 g/mol. The van der Waals surface area contributed by atoms with Crippen LogP contribution in [-0.2, 0) is 4.79 Å². The van der Waals surface area contributed by atoms with Crippen molar-refractivity contribution in [1.82, 2.24) is 25.6 Å². The molecule has 35 heavy (non-hydrogen) atoms. The molecular formula is C25H36N6O4. The molecule has 0 saturated carbocycles. The molecule has 0 aromatic heterocycles. The second-order valence-corrected chi connectivity index (χ2v) is 9.10. The van der Waals surface area contributed by atoms with Gasteiger partial charge in [0, 0.05) is 45.3 Å². The van der Waals surface area contributed by atoms with Crippen molar-refractivity contribution in [2.45, 2.75) is 32.7 Å². The predicted octanol–water partition coefficient (Wildman–Crippen LogP) is 0.585. The van der Waals surface area contributed by atoms with Crippen molar-refractivity contribution in [2.24, 2.45) is 4.99 Å². The standard InChI is InChI=1S/C25H36N6O4/c1-4-6-19-22-23(29(3)28-19)25(34)27-24(26-22)18-15-17(7-8-21(18)35-5-2)20(33)16-31-11-9-30(10-12-31)13-14-32/h7-8,15,23,28,32H,4-6,9-14,16H2,1-3H3,(H,26,27,34). The van der Waals surface area contributed by atoms with Gasteiger partial charge in [-0.2, -0.15) is 0 Å². The normalized spacial score (nSPS) is 21.4. The summed E-state index contributed by atoms with van der Waals surface area (Å²) in [5, 5.41) is 13.8. The molecule has 3 N–H and O–H groups in total. The minimum absolute atomic E-state index is 0.0127. The number of rotatable bonds is 10. The second-order valence-electron chi connectivity index (χ2n) is 9.10. The maximum atomic E-state index is 13.2. The second kappa shape index (κ2) is 11.3. The van der Waals surface area contributed by atoms with Crippen LogP contribution in [0, 0.1) is 0 Å². The Morgan fingerprint density at radius 3 is 2.63 bits per heavy atom. The number of fused-ring (bicyclic) bond motifs is 1. The summed E-state index contributed by atoms with van der Waals surface area (Å²) in [7, 11) is 1.84. The molecule has 10 nitrogen and oxygen atoms in total. The number of nitrogens with zero attached hydrogens (tertiary/aromatic N) is 4. The van der Waals surface area contributed by atoms with E-state index in [2.05, 4.69) is 27.5 Å². The number of aliphatic hydroxyl groups is 1. The number of carbonyl (C=O) groups is 2. The number of hydrazine groups is 1. The van der Waals surface area contributed by atoms with Crippen LogP contribution in [0.2, 0.25) is 0 Å². The van der Waals surface area contributed by atoms with E-state index in [0.717, 1.165) is 44.7 Å². The number of Topliss-reactive ketones (excluding diaryl/α,β-unsaturated/α-hetero) is 1. The van der Waals surface area contributed by atoms with E-state index in [4.69, 9.17) is 14.8 Å². The van der Waals surface area contributed by atoms with Gasteiger partial charge >= 0.3 is 0 Å². The zero-order valence-corrected chi connectivity index (χ0v) is 20.8. The molecule has 1 fully saturated rings. The van der Waals surface area contributed by atoms with Crippen LogP contribution in [0.4, 0.5) is 0 Å². The number of amidine groups is 1. The third-order valence-corrected chi connectivity index (χ3v) is 6.59. The summed E-state index contributed by atoms with van der Waals surface area (Å²) >= 11 is 0. The average molecular weight is 485 g/mol. The summed E-state index contributed by atoms with van der Waals surface area (Å²) in [5.41, 5.74) is 6.09. The number of carbonyl (C=O) groups excluding carboxylic acids is 2. The first-order chi connectivity index (χ1) is 16.9. The Hall–Kier alpha value is -2.79. The van der Waals surface area contributed by atoms with Gasteiger partial charge in [-0.05, 0) is 31.5 Å². The van der Waals surface area contributed by atoms with Crippen molar-refractivity contribution in [1.29, 1.82) is 0 Å². The Labute approximate surface area is 206 Å². The molecule has 3 aliphatic heterocycles. The van der Waals surface area contributed by atoms with Crippen LogP contribution in [0.1, 0.15) is 42.6 Å². The third-order valence-electron chi connectivity index (χ3n) is 6.59. The smallest absolute Gasteiger partial charge is 0.251 e. The van der Waals surface area contributed by atoms with Gasteiger partial charge in [-0.25, -0.2) is 10.0 Å². The average Bonchev–Trinajstić information content (AvgIpc) is 3.16. The van der Waals surface area contributed by atoms with Crippen LogP contribution in [0.15, 0.2) is 34.6 Å². The predicted molar refractivity (Wildman–Crippen MR) is 133 cm³/mol. The number of aliphatic hydroxyl groups excluding tert-OH is 1. The van der Waals surface area contributed by atoms with Crippen LogP contribution in [0.3, 0.4) is 0 Å². The molecule has 4 rings (SSSR count). The highest BCUT2D eigenvalue weighted by molar-refractivity contribution is 6.14. The van der Waals surface area contributed by atoms with Crippen molar-refractivity contribution in [3.8, 4) is 5.75 Å². The van der Waals surface area contributed by atoms with E-state index in [1.807, 2.05) is 14.0 Å². The zero-order valence-electron chi connectivity index (χ0n) is 20.8. The van der Waals surface area contributed by atoms with Crippen molar-refractivity contribution >= 4 is 17.5 Å². The topological polar surface area (TPSA) is 110 Å². The molecule has 1 aromatic rings. The van der Waals surface area contributed by atoms with Gasteiger partial charge in [-0.15, -0.1) is 0 Å². The first-order valence-electron chi connectivity index (χ1n) is 12.4. The van der Waals surface area contributed by atoms with Crippen LogP contribution < -0.4 is 15.5 Å². The summed E-state index contributed by atoms with van der Waals surface area (Å²) in [6.45, 7) is 8.83. The Morgan fingerprint density at radius 1 is 1.20 bits per heavy atom. The van der Waals surface area contributed by atoms with Gasteiger partial charge < -0.3 is 20.6 Å². The number of hydrogen-bond donors (Lipinski definition) is 3. The molecule has 0 spiro atoms. The first kappa shape index (κ1) is 25.3. The SMILES string of the molecule is CCCC1=C2N=C(c3cc(C(=O)CN4CCN(CCO)CC4)ccc3OCC)NC(=O)C2N(C)N1. The lowest BCUT2D eigenvalue weighted by Gasteiger charge is -2.33. The van der Waals surface area contributed by atoms with Crippen molar-refractivity contribution in [3.63, 3.8) is 0 Å². The van der Waals surface area contributed by atoms with Crippen LogP contribution in [0.25, 0.3) is 0 Å². The highest BCUT2D eigenvalue weighted by Crippen LogP contribution is 2.29. The number of β-amino-alcohol motifs (C(OH)–C–C–N with tert-alkyl or cyclic N) is 1. The molecule has 3 heterocycles. The highest BCUT2D eigenvalue weighted by atomic mass is 16.5. The summed E-state index contributed by atoms with van der Waals surface area (Å²) in [5.74, 6) is 0.837. The van der Waals surface area contributed by atoms with E-state index in [0.29, 0.717) is 48.1 Å². The van der Waals surface area contributed by atoms with Gasteiger partial charge in [0.2, 0.25) is 0 Å². The molecule has 0 radical (unpaired) electrons. The van der Waals surface area contributed by atoms with Crippen molar-refractivity contribution in [2.75, 3.05) is 59.5 Å². The Bertz CT molecular complexity index is 1020. The number of ketones is 1. The molecule has 1 aromatic carbocycles. The lowest BCUT2D eigenvalue weighted by molar-refractivity contribution is -0.123. The summed E-state index contributed by atoms with van der Waals surface area (Å²) < 4.78 is 5.83. The number of benzene rings is 1. The number of amides is 1.